The number of rotatable bonds is 5. The zero-order valence-corrected chi connectivity index (χ0v) is 19.3. The molecule has 5 rings (SSSR count). The Kier molecular flexibility index (Phi) is 6.48. The van der Waals surface area contributed by atoms with Crippen molar-refractivity contribution in [3.63, 3.8) is 0 Å². The fourth-order valence-corrected chi connectivity index (χ4v) is 4.53. The second-order valence-corrected chi connectivity index (χ2v) is 8.66. The van der Waals surface area contributed by atoms with E-state index in [0.717, 1.165) is 29.9 Å². The minimum absolute atomic E-state index is 0.211. The van der Waals surface area contributed by atoms with Gasteiger partial charge in [0, 0.05) is 38.3 Å². The van der Waals surface area contributed by atoms with Gasteiger partial charge in [-0.2, -0.15) is 0 Å². The van der Waals surface area contributed by atoms with Gasteiger partial charge in [0.1, 0.15) is 6.10 Å². The smallest absolute Gasteiger partial charge is 0.339 e. The number of para-hydroxylation sites is 1. The van der Waals surface area contributed by atoms with E-state index in [9.17, 15) is 14.4 Å². The lowest BCUT2D eigenvalue weighted by atomic mass is 9.93. The third-order valence-electron chi connectivity index (χ3n) is 6.47. The molecule has 0 saturated carbocycles. The Labute approximate surface area is 203 Å². The van der Waals surface area contributed by atoms with Crippen LogP contribution in [0.3, 0.4) is 0 Å². The van der Waals surface area contributed by atoms with E-state index in [2.05, 4.69) is 17.0 Å². The molecule has 2 heterocycles. The van der Waals surface area contributed by atoms with E-state index in [-0.39, 0.29) is 12.5 Å². The van der Waals surface area contributed by atoms with Crippen LogP contribution in [0.1, 0.15) is 37.9 Å². The maximum absolute atomic E-state index is 12.7. The van der Waals surface area contributed by atoms with Gasteiger partial charge in [0.15, 0.2) is 6.61 Å². The topological polar surface area (TPSA) is 76.2 Å². The first kappa shape index (κ1) is 22.7. The average molecular weight is 471 g/mol. The molecule has 1 atom stereocenters. The molecule has 7 heteroatoms. The number of piperazine rings is 1. The van der Waals surface area contributed by atoms with E-state index < -0.39 is 18.0 Å². The number of fused-ring (bicyclic) bond motifs is 1. The van der Waals surface area contributed by atoms with Gasteiger partial charge < -0.3 is 19.3 Å². The zero-order valence-electron chi connectivity index (χ0n) is 19.3. The number of amides is 1. The van der Waals surface area contributed by atoms with Crippen LogP contribution in [-0.4, -0.2) is 55.5 Å². The van der Waals surface area contributed by atoms with Gasteiger partial charge in [-0.3, -0.25) is 4.79 Å². The molecule has 7 nitrogen and oxygen atoms in total. The fraction of sp³-hybridized carbons (Fsp3) is 0.250. The summed E-state index contributed by atoms with van der Waals surface area (Å²) in [5.74, 6) is -1.21. The lowest BCUT2D eigenvalue weighted by Crippen LogP contribution is -2.49. The van der Waals surface area contributed by atoms with Gasteiger partial charge in [-0.1, -0.05) is 48.5 Å². The number of hydrogen-bond acceptors (Lipinski definition) is 6. The highest BCUT2D eigenvalue weighted by atomic mass is 16.5. The van der Waals surface area contributed by atoms with E-state index in [0.29, 0.717) is 30.6 Å². The molecule has 0 radical (unpaired) electrons. The number of esters is 2. The maximum atomic E-state index is 12.7. The standard InChI is InChI=1S/C28H26N2O5/c31-26(30-15-13-29(14-16-30)23-9-5-2-6-10-23)19-34-27(32)21-11-12-24-22(17-21)18-25(35-28(24)33)20-7-3-1-4-8-20/h1-12,17,25H,13-16,18-19H2. The summed E-state index contributed by atoms with van der Waals surface area (Å²) in [5, 5.41) is 0. The third kappa shape index (κ3) is 5.04. The molecule has 0 aliphatic carbocycles. The highest BCUT2D eigenvalue weighted by Crippen LogP contribution is 2.31. The Morgan fingerprint density at radius 2 is 1.57 bits per heavy atom. The Morgan fingerprint density at radius 1 is 0.886 bits per heavy atom. The quantitative estimate of drug-likeness (QED) is 0.530. The molecule has 2 aliphatic heterocycles. The monoisotopic (exact) mass is 470 g/mol. The average Bonchev–Trinajstić information content (AvgIpc) is 2.92. The number of nitrogens with zero attached hydrogens (tertiary/aromatic N) is 2. The molecule has 0 bridgehead atoms. The molecule has 2 aliphatic rings. The van der Waals surface area contributed by atoms with Gasteiger partial charge in [-0.15, -0.1) is 0 Å². The van der Waals surface area contributed by atoms with Crippen LogP contribution in [0.25, 0.3) is 0 Å². The number of hydrogen-bond donors (Lipinski definition) is 0. The van der Waals surface area contributed by atoms with Crippen LogP contribution >= 0.6 is 0 Å². The molecule has 1 saturated heterocycles. The normalized spacial score (nSPS) is 17.4. The van der Waals surface area contributed by atoms with Crippen LogP contribution in [0.2, 0.25) is 0 Å². The lowest BCUT2D eigenvalue weighted by Gasteiger charge is -2.36. The molecule has 0 N–H and O–H groups in total. The molecule has 1 unspecified atom stereocenters. The number of carbonyl (C=O) groups is 3. The molecule has 178 valence electrons. The number of carbonyl (C=O) groups excluding carboxylic acids is 3. The SMILES string of the molecule is O=C(OCC(=O)N1CCN(c2ccccc2)CC1)c1ccc2c(c1)CC(c1ccccc1)OC2=O. The van der Waals surface area contributed by atoms with E-state index in [1.807, 2.05) is 48.5 Å². The van der Waals surface area contributed by atoms with Crippen LogP contribution in [0, 0.1) is 0 Å². The van der Waals surface area contributed by atoms with E-state index in [1.54, 1.807) is 17.0 Å². The number of cyclic esters (lactones) is 1. The zero-order chi connectivity index (χ0) is 24.2. The molecule has 3 aromatic carbocycles. The van der Waals surface area contributed by atoms with Crippen LogP contribution in [0.5, 0.6) is 0 Å². The van der Waals surface area contributed by atoms with Crippen LogP contribution in [0.15, 0.2) is 78.9 Å². The largest absolute Gasteiger partial charge is 0.454 e. The lowest BCUT2D eigenvalue weighted by molar-refractivity contribution is -0.134. The molecule has 35 heavy (non-hydrogen) atoms. The number of ether oxygens (including phenoxy) is 2. The highest BCUT2D eigenvalue weighted by Gasteiger charge is 2.29. The van der Waals surface area contributed by atoms with E-state index >= 15 is 0 Å². The molecule has 1 amide bonds. The fourth-order valence-electron chi connectivity index (χ4n) is 4.53. The maximum Gasteiger partial charge on any atom is 0.339 e. The minimum atomic E-state index is -0.584. The Bertz CT molecular complexity index is 1220. The first-order valence-corrected chi connectivity index (χ1v) is 11.7. The Balaban J connectivity index is 1.17. The summed E-state index contributed by atoms with van der Waals surface area (Å²) in [4.78, 5) is 41.7. The molecule has 3 aromatic rings. The van der Waals surface area contributed by atoms with Crippen molar-refractivity contribution in [2.24, 2.45) is 0 Å². The van der Waals surface area contributed by atoms with Gasteiger partial charge in [-0.05, 0) is 41.5 Å². The summed E-state index contributed by atoms with van der Waals surface area (Å²) in [6.45, 7) is 2.30. The highest BCUT2D eigenvalue weighted by molar-refractivity contribution is 5.96. The number of anilines is 1. The third-order valence-corrected chi connectivity index (χ3v) is 6.47. The second-order valence-electron chi connectivity index (χ2n) is 8.66. The summed E-state index contributed by atoms with van der Waals surface area (Å²) in [6.07, 6.45) is 0.0650. The Morgan fingerprint density at radius 3 is 2.29 bits per heavy atom. The van der Waals surface area contributed by atoms with Crippen molar-refractivity contribution in [1.82, 2.24) is 4.90 Å². The van der Waals surface area contributed by atoms with Gasteiger partial charge >= 0.3 is 11.9 Å². The van der Waals surface area contributed by atoms with Crippen molar-refractivity contribution < 1.29 is 23.9 Å². The summed E-state index contributed by atoms with van der Waals surface area (Å²) in [7, 11) is 0. The van der Waals surface area contributed by atoms with Crippen molar-refractivity contribution in [1.29, 1.82) is 0 Å². The predicted octanol–water partition coefficient (Wildman–Crippen LogP) is 3.65. The van der Waals surface area contributed by atoms with Gasteiger partial charge in [0.25, 0.3) is 5.91 Å². The van der Waals surface area contributed by atoms with E-state index in [1.165, 1.54) is 6.07 Å². The van der Waals surface area contributed by atoms with E-state index in [4.69, 9.17) is 9.47 Å². The first-order chi connectivity index (χ1) is 17.1. The second kappa shape index (κ2) is 10.0. The predicted molar refractivity (Wildman–Crippen MR) is 130 cm³/mol. The summed E-state index contributed by atoms with van der Waals surface area (Å²) in [5.41, 5.74) is 3.52. The minimum Gasteiger partial charge on any atom is -0.454 e. The van der Waals surface area contributed by atoms with Crippen molar-refractivity contribution in [3.8, 4) is 0 Å². The summed E-state index contributed by atoms with van der Waals surface area (Å²) < 4.78 is 10.9. The van der Waals surface area contributed by atoms with Crippen molar-refractivity contribution in [2.75, 3.05) is 37.7 Å². The van der Waals surface area contributed by atoms with Crippen molar-refractivity contribution >= 4 is 23.5 Å². The summed E-state index contributed by atoms with van der Waals surface area (Å²) >= 11 is 0. The van der Waals surface area contributed by atoms with Crippen LogP contribution in [0.4, 0.5) is 5.69 Å². The molecule has 1 fully saturated rings. The molecular formula is C28H26N2O5. The molecule has 0 spiro atoms. The Hall–Kier alpha value is -4.13. The van der Waals surface area contributed by atoms with Gasteiger partial charge in [0.05, 0.1) is 11.1 Å². The first-order valence-electron chi connectivity index (χ1n) is 11.7. The number of benzene rings is 3. The van der Waals surface area contributed by atoms with Gasteiger partial charge in [0.2, 0.25) is 0 Å². The van der Waals surface area contributed by atoms with Crippen LogP contribution in [-0.2, 0) is 20.7 Å². The van der Waals surface area contributed by atoms with Crippen molar-refractivity contribution in [2.45, 2.75) is 12.5 Å². The molecule has 0 aromatic heterocycles. The summed E-state index contributed by atoms with van der Waals surface area (Å²) in [6, 6.07) is 24.4. The molecular weight excluding hydrogens is 444 g/mol. The van der Waals surface area contributed by atoms with Gasteiger partial charge in [-0.25, -0.2) is 9.59 Å². The van der Waals surface area contributed by atoms with Crippen molar-refractivity contribution in [3.05, 3.63) is 101 Å². The van der Waals surface area contributed by atoms with Crippen LogP contribution < -0.4 is 4.90 Å².